The summed E-state index contributed by atoms with van der Waals surface area (Å²) in [5.41, 5.74) is 0. The van der Waals surface area contributed by atoms with Gasteiger partial charge in [0.15, 0.2) is 0 Å². The van der Waals surface area contributed by atoms with Gasteiger partial charge in [-0.3, -0.25) is 0 Å². The molecule has 16 heteroatoms. The van der Waals surface area contributed by atoms with Gasteiger partial charge in [-0.25, -0.2) is 4.86 Å². The summed E-state index contributed by atoms with van der Waals surface area (Å²) < 4.78 is 2.88. The number of hydrogen-bond acceptors (Lipinski definition) is 2. The summed E-state index contributed by atoms with van der Waals surface area (Å²) in [6.45, 7) is 0. The number of halogens is 6. The number of nitrogens with one attached hydrogen (secondary N) is 1. The van der Waals surface area contributed by atoms with Crippen molar-refractivity contribution in [2.75, 3.05) is 0 Å². The molecule has 16 heavy (non-hydrogen) atoms. The Kier molecular flexibility index (Phi) is 52.5. The summed E-state index contributed by atoms with van der Waals surface area (Å²) in [6, 6.07) is 0. The lowest BCUT2D eigenvalue weighted by Gasteiger charge is -2.02. The highest BCUT2D eigenvalue weighted by molar-refractivity contribution is 7.44. The first-order valence-electron chi connectivity index (χ1n) is 2.59. The molecule has 0 spiro atoms. The number of nitrogens with two attached hydrogens (primary N) is 4. The molecule has 0 fully saturated rings. The van der Waals surface area contributed by atoms with Gasteiger partial charge in [-0.2, -0.15) is 10.7 Å². The smallest absolute Gasteiger partial charge is 0.520 e. The van der Waals surface area contributed by atoms with E-state index in [1.54, 1.807) is 4.21 Å². The van der Waals surface area contributed by atoms with Crippen LogP contribution in [0.25, 0.3) is 0 Å². The summed E-state index contributed by atoms with van der Waals surface area (Å²) >= 11 is 0. The molecule has 6 nitrogen and oxygen atoms in total. The summed E-state index contributed by atoms with van der Waals surface area (Å²) in [5, 5.41) is 0. The molecule has 0 saturated carbocycles. The van der Waals surface area contributed by atoms with E-state index in [4.69, 9.17) is 11.7 Å². The highest BCUT2D eigenvalue weighted by atomic mass is 35.5. The minimum Gasteiger partial charge on any atom is -1.00 e. The zero-order valence-electron chi connectivity index (χ0n) is 7.47. The summed E-state index contributed by atoms with van der Waals surface area (Å²) in [4.78, 5) is 4.27. The normalized spacial score (nSPS) is 23.4. The third-order valence-electron chi connectivity index (χ3n) is 0.827. The van der Waals surface area contributed by atoms with Crippen LogP contribution in [0.15, 0.2) is 0 Å². The Bertz CT molecular complexity index is 147. The Balaban J connectivity index is -0.0000000417. The molecular weight excluding hydrogens is 421 g/mol. The van der Waals surface area contributed by atoms with Crippen molar-refractivity contribution in [1.29, 1.82) is 0 Å². The maximum absolute atomic E-state index is 5.67. The number of hydrazine groups is 1. The molecule has 4 unspecified atom stereocenters. The molecule has 0 bridgehead atoms. The fourth-order valence-corrected chi connectivity index (χ4v) is 5.98. The second-order valence-electron chi connectivity index (χ2n) is 1.56. The zero-order valence-corrected chi connectivity index (χ0v) is 15.9. The van der Waals surface area contributed by atoms with Crippen molar-refractivity contribution in [3.05, 3.63) is 0 Å². The second-order valence-corrected chi connectivity index (χ2v) is 7.69. The van der Waals surface area contributed by atoms with E-state index in [2.05, 4.69) is 9.72 Å². The maximum Gasteiger partial charge on any atom is 0.520 e. The van der Waals surface area contributed by atoms with E-state index < -0.39 is 0 Å². The second kappa shape index (κ2) is 23.1. The Hall–Kier alpha value is 2.93. The molecule has 1 heterocycles. The third kappa shape index (κ3) is 19.3. The highest BCUT2D eigenvalue weighted by Gasteiger charge is 2.19. The van der Waals surface area contributed by atoms with Crippen molar-refractivity contribution < 1.29 is 92.9 Å². The zero-order chi connectivity index (χ0) is 7.40. The van der Waals surface area contributed by atoms with Crippen molar-refractivity contribution in [3.63, 3.8) is 0 Å². The van der Waals surface area contributed by atoms with E-state index >= 15 is 0 Å². The van der Waals surface area contributed by atoms with Gasteiger partial charge in [0.2, 0.25) is 0 Å². The van der Waals surface area contributed by atoms with Gasteiger partial charge >= 0.3 is 35.2 Å². The van der Waals surface area contributed by atoms with Gasteiger partial charge in [0.1, 0.15) is 0 Å². The largest absolute Gasteiger partial charge is 1.00 e. The number of nitrogens with zero attached hydrogens (tertiary/aromatic N) is 1. The average Bonchev–Trinajstić information content (AvgIpc) is 1.84. The first kappa shape index (κ1) is 36.4. The molecule has 1 rings (SSSR count). The molecule has 9 N–H and O–H groups in total. The predicted octanol–water partition coefficient (Wildman–Crippen LogP) is -21.6. The van der Waals surface area contributed by atoms with Crippen molar-refractivity contribution in [1.82, 2.24) is 0 Å². The van der Waals surface area contributed by atoms with Gasteiger partial charge in [-0.05, 0) is 4.21 Å². The van der Waals surface area contributed by atoms with Gasteiger partial charge in [0.05, 0.1) is 0 Å². The highest BCUT2D eigenvalue weighted by Crippen LogP contribution is 2.03. The van der Waals surface area contributed by atoms with Gasteiger partial charge in [0, 0.05) is 0 Å². The standard InChI is InChI=1S/6ClH.H8N6P4/c;;;;;;1-5-7-3-9-6(2)10-4-8-5/h6*1H;3,7-9H,1-2H2/p-2. The van der Waals surface area contributed by atoms with Gasteiger partial charge < -0.3 is 74.4 Å². The van der Waals surface area contributed by atoms with Crippen LogP contribution in [0.5, 0.6) is 0 Å². The van der Waals surface area contributed by atoms with Crippen LogP contribution in [0.1, 0.15) is 0 Å². The molecule has 106 valence electrons. The molecular formula is H12Cl6N6P4-2. The molecule has 0 radical (unpaired) electrons. The Morgan fingerprint density at radius 3 is 2.00 bits per heavy atom. The van der Waals surface area contributed by atoms with Crippen LogP contribution in [0.3, 0.4) is 0 Å². The van der Waals surface area contributed by atoms with Gasteiger partial charge in [-0.15, -0.1) is 4.55 Å². The number of hydrogen-bond donors (Lipinski definition) is 5. The third-order valence-corrected chi connectivity index (χ3v) is 5.59. The minimum atomic E-state index is 0. The monoisotopic (exact) mass is 430 g/mol. The van der Waals surface area contributed by atoms with E-state index in [0.29, 0.717) is 26.6 Å². The Labute approximate surface area is 139 Å². The van der Waals surface area contributed by atoms with Crippen LogP contribution in [0.4, 0.5) is 0 Å². The van der Waals surface area contributed by atoms with Crippen LogP contribution >= 0.6 is 35.2 Å². The predicted molar refractivity (Wildman–Crippen MR) is 45.3 cm³/mol. The lowest BCUT2D eigenvalue weighted by atomic mass is 12.9. The molecule has 0 aromatic heterocycles. The van der Waals surface area contributed by atoms with Crippen molar-refractivity contribution >= 4 is 35.2 Å². The van der Waals surface area contributed by atoms with Crippen LogP contribution in [-0.2, 0) is 0 Å². The lowest BCUT2D eigenvalue weighted by Crippen LogP contribution is -3.13. The molecule has 0 aliphatic carbocycles. The van der Waals surface area contributed by atoms with Crippen LogP contribution < -0.4 is 100 Å². The molecule has 0 aromatic carbocycles. The van der Waals surface area contributed by atoms with E-state index in [-0.39, 0.29) is 74.4 Å². The molecule has 0 aromatic rings. The topological polar surface area (TPSA) is 92.7 Å². The lowest BCUT2D eigenvalue weighted by molar-refractivity contribution is -0.693. The van der Waals surface area contributed by atoms with Gasteiger partial charge in [-0.1, -0.05) is 5.84 Å². The van der Waals surface area contributed by atoms with Gasteiger partial charge in [0.25, 0.3) is 0 Å². The van der Waals surface area contributed by atoms with Crippen molar-refractivity contribution in [2.24, 2.45) is 11.7 Å². The number of rotatable bonds is 0. The minimum absolute atomic E-state index is 0. The molecule has 1 aliphatic heterocycles. The molecule has 0 saturated heterocycles. The fraction of sp³-hybridized carbons (Fsp3) is 0. The Morgan fingerprint density at radius 2 is 1.50 bits per heavy atom. The first-order chi connectivity index (χ1) is 4.79. The van der Waals surface area contributed by atoms with Crippen LogP contribution in [-0.4, -0.2) is 4.21 Å². The number of quaternary nitrogens is 3. The fourth-order valence-electron chi connectivity index (χ4n) is 0.412. The Morgan fingerprint density at radius 1 is 1.00 bits per heavy atom. The van der Waals surface area contributed by atoms with E-state index in [1.807, 2.05) is 0 Å². The van der Waals surface area contributed by atoms with Crippen molar-refractivity contribution in [3.8, 4) is 0 Å². The maximum atomic E-state index is 5.67. The summed E-state index contributed by atoms with van der Waals surface area (Å²) in [6.07, 6.45) is 0. The molecule has 0 amide bonds. The first-order valence-corrected chi connectivity index (χ1v) is 6.69. The summed E-state index contributed by atoms with van der Waals surface area (Å²) in [5.74, 6) is 11.2. The average molecular weight is 433 g/mol. The van der Waals surface area contributed by atoms with Crippen LogP contribution in [0.2, 0.25) is 0 Å². The quantitative estimate of drug-likeness (QED) is 0.194. The van der Waals surface area contributed by atoms with E-state index in [9.17, 15) is 0 Å². The molecule has 4 atom stereocenters. The SMILES string of the molecule is N[N+]1=P[NH2+]P[NH+](N)P[NH2+]P1.[Cl-].[Cl-].[Cl-].[Cl-].[Cl-].[Cl-]. The summed E-state index contributed by atoms with van der Waals surface area (Å²) in [7, 11) is 3.05. The van der Waals surface area contributed by atoms with E-state index in [0.717, 1.165) is 13.1 Å². The van der Waals surface area contributed by atoms with Crippen LogP contribution in [0, 0.1) is 0 Å². The van der Waals surface area contributed by atoms with E-state index in [1.165, 1.54) is 0 Å². The van der Waals surface area contributed by atoms with Crippen molar-refractivity contribution in [2.45, 2.75) is 0 Å². The molecule has 1 aliphatic rings.